The fourth-order valence-electron chi connectivity index (χ4n) is 3.11. The van der Waals surface area contributed by atoms with E-state index in [4.69, 9.17) is 21.1 Å². The summed E-state index contributed by atoms with van der Waals surface area (Å²) in [5.41, 5.74) is 2.46. The first-order valence-corrected chi connectivity index (χ1v) is 11.4. The van der Waals surface area contributed by atoms with Gasteiger partial charge in [-0.15, -0.1) is 0 Å². The second-order valence-corrected chi connectivity index (χ2v) is 9.12. The summed E-state index contributed by atoms with van der Waals surface area (Å²) >= 11 is 6.05. The first kappa shape index (κ1) is 21.2. The largest absolute Gasteiger partial charge is 0.490 e. The number of fused-ring (bicyclic) bond motifs is 1. The van der Waals surface area contributed by atoms with E-state index in [0.29, 0.717) is 12.3 Å². The van der Waals surface area contributed by atoms with Gasteiger partial charge in [0.05, 0.1) is 29.1 Å². The summed E-state index contributed by atoms with van der Waals surface area (Å²) in [5.74, 6) is 0.843. The zero-order valence-electron chi connectivity index (χ0n) is 17.0. The minimum absolute atomic E-state index is 0.0144. The fourth-order valence-corrected chi connectivity index (χ4v) is 4.64. The minimum Gasteiger partial charge on any atom is -0.490 e. The Morgan fingerprint density at radius 1 is 1.26 bits per heavy atom. The molecule has 0 atom stereocenters. The van der Waals surface area contributed by atoms with E-state index >= 15 is 0 Å². The van der Waals surface area contributed by atoms with Crippen LogP contribution in [0.1, 0.15) is 11.3 Å². The lowest BCUT2D eigenvalue weighted by atomic mass is 10.1. The summed E-state index contributed by atoms with van der Waals surface area (Å²) in [7, 11) is -1.96. The van der Waals surface area contributed by atoms with Crippen LogP contribution in [0.15, 0.2) is 53.6 Å². The molecule has 0 unspecified atom stereocenters. The number of halogens is 1. The van der Waals surface area contributed by atoms with Gasteiger partial charge in [-0.2, -0.15) is 0 Å². The number of nitrogens with one attached hydrogen (secondary N) is 1. The predicted molar refractivity (Wildman–Crippen MR) is 119 cm³/mol. The molecule has 10 heteroatoms. The Bertz CT molecular complexity index is 1220. The summed E-state index contributed by atoms with van der Waals surface area (Å²) in [5, 5.41) is 0.108. The van der Waals surface area contributed by atoms with E-state index in [9.17, 15) is 8.42 Å². The zero-order valence-corrected chi connectivity index (χ0v) is 18.6. The summed E-state index contributed by atoms with van der Waals surface area (Å²) in [6.45, 7) is 3.36. The number of benzene rings is 2. The fraction of sp³-hybridized carbons (Fsp3) is 0.238. The maximum Gasteiger partial charge on any atom is 0.264 e. The number of aryl methyl sites for hydroxylation is 1. The number of nitrogens with zero attached hydrogens (tertiary/aromatic N) is 3. The van der Waals surface area contributed by atoms with Gasteiger partial charge >= 0.3 is 0 Å². The molecule has 2 heterocycles. The van der Waals surface area contributed by atoms with Gasteiger partial charge in [-0.25, -0.2) is 18.4 Å². The third-order valence-electron chi connectivity index (χ3n) is 4.71. The minimum atomic E-state index is -3.97. The Hall–Kier alpha value is -3.04. The molecule has 0 bridgehead atoms. The normalized spacial score (nSPS) is 13.3. The topological polar surface area (TPSA) is 93.7 Å². The molecule has 0 fully saturated rings. The molecule has 0 saturated carbocycles. The van der Waals surface area contributed by atoms with Crippen LogP contribution in [0.2, 0.25) is 5.02 Å². The molecular weight excluding hydrogens is 440 g/mol. The van der Waals surface area contributed by atoms with E-state index in [2.05, 4.69) is 19.6 Å². The van der Waals surface area contributed by atoms with Crippen LogP contribution in [0.25, 0.3) is 0 Å². The van der Waals surface area contributed by atoms with E-state index in [1.165, 1.54) is 18.3 Å². The standard InChI is InChI=1S/C21H21ClN4O4S/c1-14-12-23-20(25-31(27,28)19-6-4-3-5-16(19)22)21(24-14)30-13-15-7-8-17-18(11-15)29-10-9-26(17)2/h3-8,11-12H,9-10,13H2,1-2H3,(H,23,25). The molecule has 2 aromatic carbocycles. The Kier molecular flexibility index (Phi) is 5.88. The molecular formula is C21H21ClN4O4S. The van der Waals surface area contributed by atoms with Crippen LogP contribution >= 0.6 is 11.6 Å². The SMILES string of the molecule is Cc1cnc(NS(=O)(=O)c2ccccc2Cl)c(OCc2ccc3c(c2)OCCN3C)n1. The van der Waals surface area contributed by atoms with Crippen molar-refractivity contribution in [3.05, 3.63) is 64.9 Å². The molecule has 0 aliphatic carbocycles. The van der Waals surface area contributed by atoms with Gasteiger partial charge in [0.25, 0.3) is 15.9 Å². The van der Waals surface area contributed by atoms with Crippen molar-refractivity contribution >= 4 is 33.1 Å². The van der Waals surface area contributed by atoms with E-state index < -0.39 is 10.0 Å². The maximum atomic E-state index is 12.8. The third-order valence-corrected chi connectivity index (χ3v) is 6.55. The van der Waals surface area contributed by atoms with E-state index in [0.717, 1.165) is 23.5 Å². The number of hydrogen-bond donors (Lipinski definition) is 1. The van der Waals surface area contributed by atoms with Crippen molar-refractivity contribution in [1.82, 2.24) is 9.97 Å². The third kappa shape index (κ3) is 4.67. The van der Waals surface area contributed by atoms with Gasteiger partial charge in [-0.05, 0) is 36.8 Å². The molecule has 1 N–H and O–H groups in total. The molecule has 31 heavy (non-hydrogen) atoms. The summed E-state index contributed by atoms with van der Waals surface area (Å²) in [6.07, 6.45) is 1.46. The van der Waals surface area contributed by atoms with Gasteiger partial charge < -0.3 is 14.4 Å². The molecule has 0 radical (unpaired) electrons. The quantitative estimate of drug-likeness (QED) is 0.600. The second kappa shape index (κ2) is 8.60. The average molecular weight is 461 g/mol. The average Bonchev–Trinajstić information content (AvgIpc) is 2.74. The first-order valence-electron chi connectivity index (χ1n) is 9.54. The molecule has 4 rings (SSSR count). The van der Waals surface area contributed by atoms with Crippen molar-refractivity contribution in [2.24, 2.45) is 0 Å². The highest BCUT2D eigenvalue weighted by atomic mass is 35.5. The van der Waals surface area contributed by atoms with E-state index in [1.807, 2.05) is 25.2 Å². The molecule has 1 aromatic heterocycles. The van der Waals surface area contributed by atoms with Gasteiger partial charge in [-0.3, -0.25) is 4.72 Å². The summed E-state index contributed by atoms with van der Waals surface area (Å²) in [6, 6.07) is 12.0. The highest BCUT2D eigenvalue weighted by molar-refractivity contribution is 7.92. The number of sulfonamides is 1. The smallest absolute Gasteiger partial charge is 0.264 e. The van der Waals surface area contributed by atoms with Crippen molar-refractivity contribution < 1.29 is 17.9 Å². The first-order chi connectivity index (χ1) is 14.8. The van der Waals surface area contributed by atoms with Crippen LogP contribution in [-0.2, 0) is 16.6 Å². The molecule has 0 spiro atoms. The van der Waals surface area contributed by atoms with Crippen molar-refractivity contribution in [1.29, 1.82) is 0 Å². The highest BCUT2D eigenvalue weighted by Crippen LogP contribution is 2.32. The molecule has 3 aromatic rings. The predicted octanol–water partition coefficient (Wildman–Crippen LogP) is 3.65. The molecule has 1 aliphatic rings. The number of anilines is 2. The van der Waals surface area contributed by atoms with E-state index in [-0.39, 0.29) is 28.2 Å². The Balaban J connectivity index is 1.56. The summed E-state index contributed by atoms with van der Waals surface area (Å²) in [4.78, 5) is 10.5. The van der Waals surface area contributed by atoms with Crippen LogP contribution < -0.4 is 19.1 Å². The lowest BCUT2D eigenvalue weighted by Crippen LogP contribution is -2.28. The Morgan fingerprint density at radius 2 is 2.06 bits per heavy atom. The van der Waals surface area contributed by atoms with Crippen molar-refractivity contribution in [3.63, 3.8) is 0 Å². The van der Waals surface area contributed by atoms with Gasteiger partial charge in [0, 0.05) is 7.05 Å². The molecule has 8 nitrogen and oxygen atoms in total. The zero-order chi connectivity index (χ0) is 22.0. The van der Waals surface area contributed by atoms with Crippen LogP contribution in [0, 0.1) is 6.92 Å². The number of rotatable bonds is 6. The van der Waals surface area contributed by atoms with Gasteiger partial charge in [0.2, 0.25) is 5.82 Å². The van der Waals surface area contributed by atoms with Crippen molar-refractivity contribution in [2.45, 2.75) is 18.4 Å². The monoisotopic (exact) mass is 460 g/mol. The Labute approximate surface area is 185 Å². The number of hydrogen-bond acceptors (Lipinski definition) is 7. The number of ether oxygens (including phenoxy) is 2. The van der Waals surface area contributed by atoms with E-state index in [1.54, 1.807) is 19.1 Å². The van der Waals surface area contributed by atoms with Crippen LogP contribution in [0.4, 0.5) is 11.5 Å². The highest BCUT2D eigenvalue weighted by Gasteiger charge is 2.21. The number of aromatic nitrogens is 2. The van der Waals surface area contributed by atoms with Crippen molar-refractivity contribution in [3.8, 4) is 11.6 Å². The molecule has 1 aliphatic heterocycles. The lowest BCUT2D eigenvalue weighted by Gasteiger charge is -2.28. The van der Waals surface area contributed by atoms with Crippen LogP contribution in [-0.4, -0.2) is 38.6 Å². The lowest BCUT2D eigenvalue weighted by molar-refractivity contribution is 0.289. The molecule has 0 saturated heterocycles. The van der Waals surface area contributed by atoms with Crippen LogP contribution in [0.3, 0.4) is 0 Å². The second-order valence-electron chi connectivity index (χ2n) is 7.06. The summed E-state index contributed by atoms with van der Waals surface area (Å²) < 4.78 is 39.5. The number of likely N-dealkylation sites (N-methyl/N-ethyl adjacent to an activating group) is 1. The van der Waals surface area contributed by atoms with Gasteiger partial charge in [0.15, 0.2) is 0 Å². The molecule has 0 amide bonds. The van der Waals surface area contributed by atoms with Crippen molar-refractivity contribution in [2.75, 3.05) is 29.8 Å². The van der Waals surface area contributed by atoms with Crippen LogP contribution in [0.5, 0.6) is 11.6 Å². The maximum absolute atomic E-state index is 12.8. The van der Waals surface area contributed by atoms with Gasteiger partial charge in [0.1, 0.15) is 23.9 Å². The van der Waals surface area contributed by atoms with Gasteiger partial charge in [-0.1, -0.05) is 29.8 Å². The molecule has 162 valence electrons. The Morgan fingerprint density at radius 3 is 2.87 bits per heavy atom.